The number of hydrogen-bond donors (Lipinski definition) is 0. The highest BCUT2D eigenvalue weighted by Crippen LogP contribution is 2.28. The zero-order chi connectivity index (χ0) is 11.0. The molecule has 5 heteroatoms. The monoisotopic (exact) mass is 291 g/mol. The summed E-state index contributed by atoms with van der Waals surface area (Å²) in [5.41, 5.74) is 0.298. The largest absolute Gasteiger partial charge is 0.309 e. The molecule has 0 saturated carbocycles. The van der Waals surface area contributed by atoms with Crippen LogP contribution in [0.5, 0.6) is 0 Å². The zero-order valence-corrected chi connectivity index (χ0v) is 10.1. The Morgan fingerprint density at radius 2 is 2.27 bits per heavy atom. The van der Waals surface area contributed by atoms with Crippen LogP contribution >= 0.6 is 27.5 Å². The van der Waals surface area contributed by atoms with Gasteiger partial charge in [-0.3, -0.25) is 4.79 Å². The van der Waals surface area contributed by atoms with Crippen molar-refractivity contribution in [1.29, 1.82) is 0 Å². The van der Waals surface area contributed by atoms with Crippen LogP contribution < -0.4 is 4.90 Å². The second-order valence-corrected chi connectivity index (χ2v) is 4.88. The lowest BCUT2D eigenvalue weighted by Gasteiger charge is -2.16. The average Bonchev–Trinajstić information content (AvgIpc) is 2.49. The van der Waals surface area contributed by atoms with Crippen molar-refractivity contribution in [3.05, 3.63) is 29.0 Å². The Balaban J connectivity index is 2.34. The fourth-order valence-corrected chi connectivity index (χ4v) is 2.20. The van der Waals surface area contributed by atoms with E-state index in [4.69, 9.17) is 11.6 Å². The Morgan fingerprint density at radius 3 is 2.80 bits per heavy atom. The molecule has 1 amide bonds. The summed E-state index contributed by atoms with van der Waals surface area (Å²) in [4.78, 5) is 12.9. The Hall–Kier alpha value is -0.610. The van der Waals surface area contributed by atoms with E-state index in [1.165, 1.54) is 17.0 Å². The molecule has 1 heterocycles. The van der Waals surface area contributed by atoms with E-state index in [0.717, 1.165) is 0 Å². The number of halogens is 3. The number of hydrogen-bond acceptors (Lipinski definition) is 1. The van der Waals surface area contributed by atoms with Gasteiger partial charge in [-0.15, -0.1) is 0 Å². The van der Waals surface area contributed by atoms with Crippen LogP contribution in [0.25, 0.3) is 0 Å². The standard InChI is InChI=1S/C10H8BrClFNO/c11-7-3-4-14(10(7)15)9-2-1-6(12)5-8(9)13/h1-2,5,7H,3-4H2/t7-/m0/s1. The summed E-state index contributed by atoms with van der Waals surface area (Å²) in [6.45, 7) is 0.535. The van der Waals surface area contributed by atoms with E-state index < -0.39 is 5.82 Å². The lowest BCUT2D eigenvalue weighted by molar-refractivity contribution is -0.116. The molecule has 0 radical (unpaired) electrons. The first-order chi connectivity index (χ1) is 7.09. The Morgan fingerprint density at radius 1 is 1.53 bits per heavy atom. The van der Waals surface area contributed by atoms with Crippen LogP contribution in [0.1, 0.15) is 6.42 Å². The van der Waals surface area contributed by atoms with Crippen molar-refractivity contribution < 1.29 is 9.18 Å². The summed E-state index contributed by atoms with van der Waals surface area (Å²) < 4.78 is 13.5. The van der Waals surface area contributed by atoms with Gasteiger partial charge in [0, 0.05) is 11.6 Å². The van der Waals surface area contributed by atoms with E-state index >= 15 is 0 Å². The Bertz CT molecular complexity index is 412. The van der Waals surface area contributed by atoms with Crippen molar-refractivity contribution in [3.63, 3.8) is 0 Å². The van der Waals surface area contributed by atoms with E-state index in [-0.39, 0.29) is 10.7 Å². The van der Waals surface area contributed by atoms with Crippen molar-refractivity contribution in [1.82, 2.24) is 0 Å². The second-order valence-electron chi connectivity index (χ2n) is 3.34. The third kappa shape index (κ3) is 2.01. The number of benzene rings is 1. The van der Waals surface area contributed by atoms with Gasteiger partial charge in [-0.25, -0.2) is 4.39 Å². The quantitative estimate of drug-likeness (QED) is 0.729. The van der Waals surface area contributed by atoms with Gasteiger partial charge in [0.2, 0.25) is 5.91 Å². The summed E-state index contributed by atoms with van der Waals surface area (Å²) in [6, 6.07) is 4.32. The number of nitrogens with zero attached hydrogens (tertiary/aromatic N) is 1. The van der Waals surface area contributed by atoms with E-state index in [1.54, 1.807) is 6.07 Å². The van der Waals surface area contributed by atoms with E-state index in [1.807, 2.05) is 0 Å². The van der Waals surface area contributed by atoms with Gasteiger partial charge in [-0.2, -0.15) is 0 Å². The summed E-state index contributed by atoms with van der Waals surface area (Å²) >= 11 is 8.88. The molecule has 15 heavy (non-hydrogen) atoms. The summed E-state index contributed by atoms with van der Waals surface area (Å²) in [5, 5.41) is 0.332. The Labute approximate surface area is 100 Å². The minimum Gasteiger partial charge on any atom is -0.309 e. The summed E-state index contributed by atoms with van der Waals surface area (Å²) in [6.07, 6.45) is 0.695. The highest BCUT2D eigenvalue weighted by Gasteiger charge is 2.31. The molecule has 0 unspecified atom stereocenters. The van der Waals surface area contributed by atoms with Crippen LogP contribution in [0.3, 0.4) is 0 Å². The molecule has 1 aromatic rings. The molecule has 80 valence electrons. The first-order valence-corrected chi connectivity index (χ1v) is 5.79. The highest BCUT2D eigenvalue weighted by atomic mass is 79.9. The topological polar surface area (TPSA) is 20.3 Å². The number of carbonyl (C=O) groups is 1. The maximum Gasteiger partial charge on any atom is 0.240 e. The molecule has 2 nitrogen and oxygen atoms in total. The summed E-state index contributed by atoms with van der Waals surface area (Å²) in [7, 11) is 0. The predicted molar refractivity (Wildman–Crippen MR) is 61.1 cm³/mol. The molecule has 1 atom stereocenters. The van der Waals surface area contributed by atoms with Crippen LogP contribution in [0.15, 0.2) is 18.2 Å². The maximum absolute atomic E-state index is 13.5. The van der Waals surface area contributed by atoms with Crippen LogP contribution in [0.4, 0.5) is 10.1 Å². The molecule has 0 bridgehead atoms. The highest BCUT2D eigenvalue weighted by molar-refractivity contribution is 9.10. The molecule has 0 aliphatic carbocycles. The molecule has 1 saturated heterocycles. The number of carbonyl (C=O) groups excluding carboxylic acids is 1. The van der Waals surface area contributed by atoms with Crippen molar-refractivity contribution in [2.75, 3.05) is 11.4 Å². The molecule has 1 fully saturated rings. The van der Waals surface area contributed by atoms with Gasteiger partial charge in [0.05, 0.1) is 10.5 Å². The van der Waals surface area contributed by atoms with Crippen LogP contribution in [0, 0.1) is 5.82 Å². The van der Waals surface area contributed by atoms with Crippen molar-refractivity contribution in [2.24, 2.45) is 0 Å². The van der Waals surface area contributed by atoms with Gasteiger partial charge < -0.3 is 4.90 Å². The van der Waals surface area contributed by atoms with Crippen LogP contribution in [-0.4, -0.2) is 17.3 Å². The Kier molecular flexibility index (Phi) is 2.98. The van der Waals surface area contributed by atoms with Gasteiger partial charge in [-0.05, 0) is 24.6 Å². The molecular formula is C10H8BrClFNO. The predicted octanol–water partition coefficient (Wildman–Crippen LogP) is 2.98. The molecule has 1 aromatic carbocycles. The van der Waals surface area contributed by atoms with Crippen LogP contribution in [0.2, 0.25) is 5.02 Å². The molecule has 2 rings (SSSR count). The fraction of sp³-hybridized carbons (Fsp3) is 0.300. The molecule has 1 aliphatic heterocycles. The molecule has 0 aromatic heterocycles. The van der Waals surface area contributed by atoms with Crippen molar-refractivity contribution in [2.45, 2.75) is 11.2 Å². The fourth-order valence-electron chi connectivity index (χ4n) is 1.58. The normalized spacial score (nSPS) is 21.1. The minimum atomic E-state index is -0.461. The molecule has 0 N–H and O–H groups in total. The number of alkyl halides is 1. The first-order valence-electron chi connectivity index (χ1n) is 4.50. The average molecular weight is 293 g/mol. The van der Waals surface area contributed by atoms with Crippen LogP contribution in [-0.2, 0) is 4.79 Å². The lowest BCUT2D eigenvalue weighted by Crippen LogP contribution is -2.27. The molecule has 0 spiro atoms. The van der Waals surface area contributed by atoms with Crippen molar-refractivity contribution in [3.8, 4) is 0 Å². The molecular weight excluding hydrogens is 284 g/mol. The van der Waals surface area contributed by atoms with Gasteiger partial charge in [-0.1, -0.05) is 27.5 Å². The number of rotatable bonds is 1. The minimum absolute atomic E-state index is 0.101. The van der Waals surface area contributed by atoms with Gasteiger partial charge >= 0.3 is 0 Å². The smallest absolute Gasteiger partial charge is 0.240 e. The second kappa shape index (κ2) is 4.10. The lowest BCUT2D eigenvalue weighted by atomic mass is 10.3. The van der Waals surface area contributed by atoms with Gasteiger partial charge in [0.15, 0.2) is 0 Å². The third-order valence-electron chi connectivity index (χ3n) is 2.34. The van der Waals surface area contributed by atoms with E-state index in [0.29, 0.717) is 23.7 Å². The van der Waals surface area contributed by atoms with E-state index in [2.05, 4.69) is 15.9 Å². The van der Waals surface area contributed by atoms with Crippen molar-refractivity contribution >= 4 is 39.1 Å². The van der Waals surface area contributed by atoms with E-state index in [9.17, 15) is 9.18 Å². The van der Waals surface area contributed by atoms with Gasteiger partial charge in [0.1, 0.15) is 5.82 Å². The zero-order valence-electron chi connectivity index (χ0n) is 7.71. The third-order valence-corrected chi connectivity index (χ3v) is 3.43. The maximum atomic E-state index is 13.5. The van der Waals surface area contributed by atoms with Gasteiger partial charge in [0.25, 0.3) is 0 Å². The summed E-state index contributed by atoms with van der Waals surface area (Å²) in [5.74, 6) is -0.561. The number of amides is 1. The SMILES string of the molecule is O=C1[C@@H](Br)CCN1c1ccc(Cl)cc1F. The first kappa shape index (κ1) is 10.9. The number of anilines is 1. The molecule has 1 aliphatic rings.